The molecular formula is C21H23N7O2. The summed E-state index contributed by atoms with van der Waals surface area (Å²) in [6.07, 6.45) is 6.29. The fraction of sp³-hybridized carbons (Fsp3) is 0.381. The predicted octanol–water partition coefficient (Wildman–Crippen LogP) is 1.40. The van der Waals surface area contributed by atoms with E-state index in [1.165, 1.54) is 11.0 Å². The maximum absolute atomic E-state index is 13.0. The van der Waals surface area contributed by atoms with Crippen molar-refractivity contribution in [2.45, 2.75) is 25.8 Å². The van der Waals surface area contributed by atoms with Crippen molar-refractivity contribution in [1.29, 1.82) is 0 Å². The number of benzene rings is 1. The number of fused-ring (bicyclic) bond motifs is 1. The van der Waals surface area contributed by atoms with Crippen LogP contribution in [0.3, 0.4) is 0 Å². The SMILES string of the molecule is O=C(c1cnn(-c2ccccc2)n1)N1CCN(C(=O)c2cnn3c2CCCC3)CC1. The zero-order chi connectivity index (χ0) is 20.5. The molecule has 0 unspecified atom stereocenters. The highest BCUT2D eigenvalue weighted by atomic mass is 16.2. The van der Waals surface area contributed by atoms with Crippen LogP contribution in [0.25, 0.3) is 5.69 Å². The van der Waals surface area contributed by atoms with Gasteiger partial charge >= 0.3 is 0 Å². The summed E-state index contributed by atoms with van der Waals surface area (Å²) in [7, 11) is 0. The molecule has 0 bridgehead atoms. The Labute approximate surface area is 173 Å². The van der Waals surface area contributed by atoms with Gasteiger partial charge in [0.25, 0.3) is 11.8 Å². The summed E-state index contributed by atoms with van der Waals surface area (Å²) in [6, 6.07) is 9.48. The van der Waals surface area contributed by atoms with Gasteiger partial charge in [-0.05, 0) is 31.4 Å². The number of carbonyl (C=O) groups is 2. The first kappa shape index (κ1) is 18.5. The number of hydrogen-bond donors (Lipinski definition) is 0. The maximum Gasteiger partial charge on any atom is 0.276 e. The molecule has 2 amide bonds. The zero-order valence-corrected chi connectivity index (χ0v) is 16.6. The van der Waals surface area contributed by atoms with Crippen molar-refractivity contribution >= 4 is 11.8 Å². The number of carbonyl (C=O) groups excluding carboxylic acids is 2. The van der Waals surface area contributed by atoms with Gasteiger partial charge in [-0.1, -0.05) is 18.2 Å². The van der Waals surface area contributed by atoms with Crippen LogP contribution in [0.15, 0.2) is 42.7 Å². The van der Waals surface area contributed by atoms with Gasteiger partial charge in [-0.2, -0.15) is 15.0 Å². The van der Waals surface area contributed by atoms with Crippen LogP contribution in [0.1, 0.15) is 39.4 Å². The fourth-order valence-corrected chi connectivity index (χ4v) is 4.09. The molecular weight excluding hydrogens is 382 g/mol. The highest BCUT2D eigenvalue weighted by Gasteiger charge is 2.29. The van der Waals surface area contributed by atoms with Gasteiger partial charge < -0.3 is 9.80 Å². The molecule has 0 atom stereocenters. The van der Waals surface area contributed by atoms with Crippen molar-refractivity contribution < 1.29 is 9.59 Å². The number of nitrogens with zero attached hydrogens (tertiary/aromatic N) is 7. The summed E-state index contributed by atoms with van der Waals surface area (Å²) in [5, 5.41) is 12.9. The second kappa shape index (κ2) is 7.74. The van der Waals surface area contributed by atoms with Crippen molar-refractivity contribution in [2.24, 2.45) is 0 Å². The molecule has 0 radical (unpaired) electrons. The first-order valence-electron chi connectivity index (χ1n) is 10.3. The summed E-state index contributed by atoms with van der Waals surface area (Å²) in [4.78, 5) is 30.8. The van der Waals surface area contributed by atoms with Crippen LogP contribution in [0.4, 0.5) is 0 Å². The van der Waals surface area contributed by atoms with Crippen molar-refractivity contribution in [2.75, 3.05) is 26.2 Å². The van der Waals surface area contributed by atoms with Crippen LogP contribution in [0, 0.1) is 0 Å². The molecule has 0 spiro atoms. The summed E-state index contributed by atoms with van der Waals surface area (Å²) in [5.41, 5.74) is 2.86. The predicted molar refractivity (Wildman–Crippen MR) is 108 cm³/mol. The lowest BCUT2D eigenvalue weighted by Gasteiger charge is -2.34. The van der Waals surface area contributed by atoms with Gasteiger partial charge in [0.1, 0.15) is 0 Å². The Kier molecular flexibility index (Phi) is 4.78. The molecule has 154 valence electrons. The largest absolute Gasteiger partial charge is 0.335 e. The van der Waals surface area contributed by atoms with E-state index >= 15 is 0 Å². The number of para-hydroxylation sites is 1. The molecule has 0 aliphatic carbocycles. The van der Waals surface area contributed by atoms with E-state index in [4.69, 9.17) is 0 Å². The molecule has 5 rings (SSSR count). The zero-order valence-electron chi connectivity index (χ0n) is 16.6. The molecule has 1 aromatic carbocycles. The van der Waals surface area contributed by atoms with Crippen LogP contribution in [0.2, 0.25) is 0 Å². The van der Waals surface area contributed by atoms with Crippen LogP contribution in [-0.2, 0) is 13.0 Å². The molecule has 3 aromatic rings. The summed E-state index contributed by atoms with van der Waals surface area (Å²) in [6.45, 7) is 2.84. The number of amides is 2. The van der Waals surface area contributed by atoms with Gasteiger partial charge in [-0.3, -0.25) is 14.3 Å². The molecule has 1 fully saturated rings. The molecule has 2 aliphatic rings. The Morgan fingerprint density at radius 2 is 1.53 bits per heavy atom. The van der Waals surface area contributed by atoms with Crippen molar-refractivity contribution in [3.63, 3.8) is 0 Å². The van der Waals surface area contributed by atoms with E-state index in [1.807, 2.05) is 39.9 Å². The lowest BCUT2D eigenvalue weighted by molar-refractivity contribution is 0.0531. The molecule has 30 heavy (non-hydrogen) atoms. The second-order valence-corrected chi connectivity index (χ2v) is 7.62. The van der Waals surface area contributed by atoms with Crippen LogP contribution >= 0.6 is 0 Å². The molecule has 2 aliphatic heterocycles. The summed E-state index contributed by atoms with van der Waals surface area (Å²) in [5.74, 6) is -0.146. The van der Waals surface area contributed by atoms with E-state index in [0.717, 1.165) is 37.2 Å². The van der Waals surface area contributed by atoms with Gasteiger partial charge in [-0.15, -0.1) is 5.10 Å². The van der Waals surface area contributed by atoms with E-state index < -0.39 is 0 Å². The van der Waals surface area contributed by atoms with E-state index in [9.17, 15) is 9.59 Å². The average Bonchev–Trinajstić information content (AvgIpc) is 3.47. The average molecular weight is 405 g/mol. The second-order valence-electron chi connectivity index (χ2n) is 7.62. The molecule has 1 saturated heterocycles. The van der Waals surface area contributed by atoms with Gasteiger partial charge in [-0.25, -0.2) is 0 Å². The lowest BCUT2D eigenvalue weighted by Crippen LogP contribution is -2.50. The van der Waals surface area contributed by atoms with Crippen molar-refractivity contribution in [1.82, 2.24) is 34.6 Å². The Bertz CT molecular complexity index is 1060. The summed E-state index contributed by atoms with van der Waals surface area (Å²) < 4.78 is 1.95. The van der Waals surface area contributed by atoms with Gasteiger partial charge in [0.15, 0.2) is 5.69 Å². The number of piperazine rings is 1. The van der Waals surface area contributed by atoms with Crippen molar-refractivity contribution in [3.8, 4) is 5.69 Å². The Morgan fingerprint density at radius 1 is 0.800 bits per heavy atom. The van der Waals surface area contributed by atoms with Gasteiger partial charge in [0.2, 0.25) is 0 Å². The monoisotopic (exact) mass is 405 g/mol. The Balaban J connectivity index is 1.23. The van der Waals surface area contributed by atoms with E-state index in [-0.39, 0.29) is 11.8 Å². The minimum absolute atomic E-state index is 0.0141. The Morgan fingerprint density at radius 3 is 2.30 bits per heavy atom. The van der Waals surface area contributed by atoms with Crippen LogP contribution < -0.4 is 0 Å². The van der Waals surface area contributed by atoms with Crippen molar-refractivity contribution in [3.05, 3.63) is 59.7 Å². The van der Waals surface area contributed by atoms with Crippen LogP contribution in [-0.4, -0.2) is 72.6 Å². The standard InChI is InChI=1S/C21H23N7O2/c29-20(17-14-22-27-9-5-4-8-19(17)27)25-10-12-26(13-11-25)21(30)18-15-23-28(24-18)16-6-2-1-3-7-16/h1-3,6-7,14-15H,4-5,8-13H2. The van der Waals surface area contributed by atoms with Gasteiger partial charge in [0.05, 0.1) is 29.3 Å². The van der Waals surface area contributed by atoms with E-state index in [1.54, 1.807) is 11.1 Å². The molecule has 9 nitrogen and oxygen atoms in total. The highest BCUT2D eigenvalue weighted by molar-refractivity contribution is 5.96. The topological polar surface area (TPSA) is 89.2 Å². The molecule has 9 heteroatoms. The molecule has 0 N–H and O–H groups in total. The molecule has 2 aromatic heterocycles. The fourth-order valence-electron chi connectivity index (χ4n) is 4.09. The quantitative estimate of drug-likeness (QED) is 0.657. The minimum Gasteiger partial charge on any atom is -0.335 e. The number of rotatable bonds is 3. The maximum atomic E-state index is 13.0. The first-order valence-corrected chi connectivity index (χ1v) is 10.3. The smallest absolute Gasteiger partial charge is 0.276 e. The Hall–Kier alpha value is -3.49. The third-order valence-electron chi connectivity index (χ3n) is 5.76. The number of aryl methyl sites for hydroxylation is 1. The summed E-state index contributed by atoms with van der Waals surface area (Å²) >= 11 is 0. The number of aromatic nitrogens is 5. The highest BCUT2D eigenvalue weighted by Crippen LogP contribution is 2.20. The van der Waals surface area contributed by atoms with Crippen LogP contribution in [0.5, 0.6) is 0 Å². The number of hydrogen-bond acceptors (Lipinski definition) is 5. The lowest BCUT2D eigenvalue weighted by atomic mass is 10.1. The minimum atomic E-state index is -0.160. The molecule has 0 saturated carbocycles. The third-order valence-corrected chi connectivity index (χ3v) is 5.76. The van der Waals surface area contributed by atoms with E-state index in [2.05, 4.69) is 15.3 Å². The van der Waals surface area contributed by atoms with Gasteiger partial charge in [0, 0.05) is 32.7 Å². The van der Waals surface area contributed by atoms with E-state index in [0.29, 0.717) is 37.4 Å². The third kappa shape index (κ3) is 3.36. The molecule has 4 heterocycles. The first-order chi connectivity index (χ1) is 14.7. The normalized spacial score (nSPS) is 16.4.